The summed E-state index contributed by atoms with van der Waals surface area (Å²) in [5, 5.41) is 3.86. The third-order valence-electron chi connectivity index (χ3n) is 4.96. The molecule has 158 valence electrons. The molecule has 0 aliphatic carbocycles. The van der Waals surface area contributed by atoms with E-state index >= 15 is 0 Å². The number of benzene rings is 1. The number of amides is 1. The first-order valence-electron chi connectivity index (χ1n) is 9.31. The van der Waals surface area contributed by atoms with Gasteiger partial charge in [0.2, 0.25) is 15.9 Å². The Morgan fingerprint density at radius 2 is 2.03 bits per heavy atom. The van der Waals surface area contributed by atoms with Crippen LogP contribution in [0.25, 0.3) is 0 Å². The molecule has 10 heteroatoms. The summed E-state index contributed by atoms with van der Waals surface area (Å²) in [5.74, 6) is -0.365. The lowest BCUT2D eigenvalue weighted by atomic mass is 10.2. The average molecular weight is 457 g/mol. The molecule has 2 aromatic rings. The van der Waals surface area contributed by atoms with Crippen molar-refractivity contribution in [1.82, 2.24) is 4.31 Å². The summed E-state index contributed by atoms with van der Waals surface area (Å²) in [4.78, 5) is 12.4. The first-order chi connectivity index (χ1) is 13.6. The number of sulfone groups is 1. The summed E-state index contributed by atoms with van der Waals surface area (Å²) < 4.78 is 53.1. The quantitative estimate of drug-likeness (QED) is 0.745. The fourth-order valence-electron chi connectivity index (χ4n) is 3.36. The Morgan fingerprint density at radius 3 is 2.66 bits per heavy atom. The third-order valence-corrected chi connectivity index (χ3v) is 10.3. The highest BCUT2D eigenvalue weighted by molar-refractivity contribution is 7.92. The number of nitrogens with one attached hydrogen (secondary N) is 1. The van der Waals surface area contributed by atoms with Gasteiger partial charge >= 0.3 is 0 Å². The van der Waals surface area contributed by atoms with E-state index in [1.807, 2.05) is 5.38 Å². The van der Waals surface area contributed by atoms with E-state index in [4.69, 9.17) is 0 Å². The minimum absolute atomic E-state index is 0.0691. The van der Waals surface area contributed by atoms with E-state index in [1.54, 1.807) is 38.1 Å². The third kappa shape index (κ3) is 4.71. The molecule has 29 heavy (non-hydrogen) atoms. The summed E-state index contributed by atoms with van der Waals surface area (Å²) in [7, 11) is -7.28. The summed E-state index contributed by atoms with van der Waals surface area (Å²) in [5.41, 5.74) is 1.03. The molecule has 1 unspecified atom stereocenters. The largest absolute Gasteiger partial charge is 0.326 e. The van der Waals surface area contributed by atoms with Gasteiger partial charge in [-0.25, -0.2) is 16.8 Å². The first-order valence-corrected chi connectivity index (χ1v) is 13.3. The Morgan fingerprint density at radius 1 is 1.28 bits per heavy atom. The van der Waals surface area contributed by atoms with Crippen LogP contribution in [-0.2, 0) is 24.7 Å². The van der Waals surface area contributed by atoms with Crippen LogP contribution in [0.4, 0.5) is 5.69 Å². The lowest BCUT2D eigenvalue weighted by Crippen LogP contribution is -2.34. The molecule has 0 bridgehead atoms. The van der Waals surface area contributed by atoms with Crippen LogP contribution >= 0.6 is 11.3 Å². The van der Waals surface area contributed by atoms with Crippen LogP contribution in [-0.4, -0.2) is 45.9 Å². The average Bonchev–Trinajstić information content (AvgIpc) is 3.12. The van der Waals surface area contributed by atoms with Gasteiger partial charge in [-0.3, -0.25) is 4.79 Å². The molecule has 1 amide bonds. The Hall–Kier alpha value is -1.75. The molecule has 1 aromatic heterocycles. The fourth-order valence-corrected chi connectivity index (χ4v) is 8.14. The van der Waals surface area contributed by atoms with Gasteiger partial charge in [-0.15, -0.1) is 11.3 Å². The maximum absolute atomic E-state index is 13.2. The monoisotopic (exact) mass is 456 g/mol. The number of aryl methyl sites for hydroxylation is 1. The van der Waals surface area contributed by atoms with E-state index in [2.05, 4.69) is 5.32 Å². The van der Waals surface area contributed by atoms with Crippen LogP contribution in [0.15, 0.2) is 40.6 Å². The standard InChI is InChI=1S/C19H24N2O5S3/c1-3-19(22)20-15-6-7-17(14(2)13-15)29(25,26)21-9-8-18(16-5-4-11-27-16)28(23,24)12-10-21/h4-7,11,13,18H,3,8-10,12H2,1-2H3,(H,20,22). The number of thiophene rings is 1. The second kappa shape index (κ2) is 8.55. The molecule has 0 radical (unpaired) electrons. The number of hydrogen-bond donors (Lipinski definition) is 1. The zero-order valence-electron chi connectivity index (χ0n) is 16.3. The number of sulfonamides is 1. The molecule has 2 heterocycles. The van der Waals surface area contributed by atoms with Crippen molar-refractivity contribution in [1.29, 1.82) is 0 Å². The summed E-state index contributed by atoms with van der Waals surface area (Å²) >= 11 is 1.38. The maximum atomic E-state index is 13.2. The van der Waals surface area contributed by atoms with E-state index in [9.17, 15) is 21.6 Å². The molecule has 1 fully saturated rings. The molecule has 1 atom stereocenters. The van der Waals surface area contributed by atoms with Crippen molar-refractivity contribution in [3.8, 4) is 0 Å². The van der Waals surface area contributed by atoms with Crippen molar-refractivity contribution in [3.63, 3.8) is 0 Å². The molecule has 1 aliphatic heterocycles. The van der Waals surface area contributed by atoms with E-state index in [0.717, 1.165) is 4.88 Å². The van der Waals surface area contributed by atoms with Crippen LogP contribution in [0, 0.1) is 6.92 Å². The van der Waals surface area contributed by atoms with Crippen molar-refractivity contribution >= 4 is 42.8 Å². The van der Waals surface area contributed by atoms with Gasteiger partial charge in [0.15, 0.2) is 9.84 Å². The van der Waals surface area contributed by atoms with Gasteiger partial charge in [0.25, 0.3) is 0 Å². The number of anilines is 1. The predicted octanol–water partition coefficient (Wildman–Crippen LogP) is 2.96. The summed E-state index contributed by atoms with van der Waals surface area (Å²) in [6.45, 7) is 3.47. The fraction of sp³-hybridized carbons (Fsp3) is 0.421. The molecule has 0 spiro atoms. The molecule has 0 saturated carbocycles. The van der Waals surface area contributed by atoms with Crippen LogP contribution in [0.3, 0.4) is 0 Å². The molecular formula is C19H24N2O5S3. The van der Waals surface area contributed by atoms with Crippen LogP contribution in [0.5, 0.6) is 0 Å². The van der Waals surface area contributed by atoms with Gasteiger partial charge in [0, 0.05) is 30.1 Å². The number of hydrogen-bond acceptors (Lipinski definition) is 6. The van der Waals surface area contributed by atoms with E-state index in [1.165, 1.54) is 21.7 Å². The number of carbonyl (C=O) groups is 1. The first kappa shape index (κ1) is 21.9. The van der Waals surface area contributed by atoms with Crippen molar-refractivity contribution in [2.45, 2.75) is 36.8 Å². The Kier molecular flexibility index (Phi) is 6.47. The van der Waals surface area contributed by atoms with E-state index < -0.39 is 25.1 Å². The van der Waals surface area contributed by atoms with Gasteiger partial charge in [-0.2, -0.15) is 4.31 Å². The SMILES string of the molecule is CCC(=O)Nc1ccc(S(=O)(=O)N2CCC(c3cccs3)S(=O)(=O)CC2)c(C)c1. The number of rotatable bonds is 5. The molecule has 7 nitrogen and oxygen atoms in total. The Bertz CT molecular complexity index is 1090. The van der Waals surface area contributed by atoms with Gasteiger partial charge < -0.3 is 5.32 Å². The minimum atomic E-state index is -3.85. The summed E-state index contributed by atoms with van der Waals surface area (Å²) in [6, 6.07) is 8.22. The second-order valence-corrected chi connectivity index (χ2v) is 12.1. The molecule has 1 N–H and O–H groups in total. The van der Waals surface area contributed by atoms with Gasteiger partial charge in [0.05, 0.1) is 15.9 Å². The van der Waals surface area contributed by atoms with Crippen molar-refractivity contribution in [2.75, 3.05) is 24.2 Å². The zero-order chi connectivity index (χ0) is 21.2. The topological polar surface area (TPSA) is 101 Å². The molecule has 1 saturated heterocycles. The molecule has 1 aromatic carbocycles. The highest BCUT2D eigenvalue weighted by atomic mass is 32.2. The summed E-state index contributed by atoms with van der Waals surface area (Å²) in [6.07, 6.45) is 0.554. The van der Waals surface area contributed by atoms with Crippen LogP contribution < -0.4 is 5.32 Å². The zero-order valence-corrected chi connectivity index (χ0v) is 18.7. The smallest absolute Gasteiger partial charge is 0.243 e. The van der Waals surface area contributed by atoms with Gasteiger partial charge in [0.1, 0.15) is 0 Å². The highest BCUT2D eigenvalue weighted by Gasteiger charge is 2.36. The lowest BCUT2D eigenvalue weighted by Gasteiger charge is -2.21. The highest BCUT2D eigenvalue weighted by Crippen LogP contribution is 2.34. The van der Waals surface area contributed by atoms with E-state index in [0.29, 0.717) is 17.7 Å². The van der Waals surface area contributed by atoms with Crippen LogP contribution in [0.1, 0.15) is 35.5 Å². The number of nitrogens with zero attached hydrogens (tertiary/aromatic N) is 1. The molecule has 3 rings (SSSR count). The Balaban J connectivity index is 1.85. The van der Waals surface area contributed by atoms with Gasteiger partial charge in [-0.1, -0.05) is 13.0 Å². The predicted molar refractivity (Wildman–Crippen MR) is 114 cm³/mol. The van der Waals surface area contributed by atoms with Gasteiger partial charge in [-0.05, 0) is 48.6 Å². The second-order valence-electron chi connectivity index (χ2n) is 6.95. The minimum Gasteiger partial charge on any atom is -0.326 e. The van der Waals surface area contributed by atoms with Crippen molar-refractivity contribution < 1.29 is 21.6 Å². The van der Waals surface area contributed by atoms with Crippen molar-refractivity contribution in [3.05, 3.63) is 46.2 Å². The molecular weight excluding hydrogens is 432 g/mol. The number of carbonyl (C=O) groups excluding carboxylic acids is 1. The molecule has 1 aliphatic rings. The van der Waals surface area contributed by atoms with E-state index in [-0.39, 0.29) is 36.1 Å². The van der Waals surface area contributed by atoms with Crippen molar-refractivity contribution in [2.24, 2.45) is 0 Å². The lowest BCUT2D eigenvalue weighted by molar-refractivity contribution is -0.115. The Labute approximate surface area is 175 Å². The normalized spacial score (nSPS) is 20.1. The maximum Gasteiger partial charge on any atom is 0.243 e. The van der Waals surface area contributed by atoms with Crippen LogP contribution in [0.2, 0.25) is 0 Å².